The first-order valence-corrected chi connectivity index (χ1v) is 7.43. The van der Waals surface area contributed by atoms with Gasteiger partial charge >= 0.3 is 5.97 Å². The van der Waals surface area contributed by atoms with Gasteiger partial charge in [-0.05, 0) is 31.0 Å². The Morgan fingerprint density at radius 1 is 1.43 bits per heavy atom. The number of carbonyl (C=O) groups is 1. The lowest BCUT2D eigenvalue weighted by Crippen LogP contribution is -2.36. The molecular formula is C15H20ClNO4. The van der Waals surface area contributed by atoms with Crippen molar-refractivity contribution in [2.45, 2.75) is 32.9 Å². The average molecular weight is 314 g/mol. The molecule has 1 unspecified atom stereocenters. The van der Waals surface area contributed by atoms with Gasteiger partial charge in [-0.2, -0.15) is 0 Å². The van der Waals surface area contributed by atoms with Crippen LogP contribution in [0.2, 0.25) is 5.02 Å². The Kier molecular flexibility index (Phi) is 5.31. The summed E-state index contributed by atoms with van der Waals surface area (Å²) in [6.45, 7) is 5.55. The lowest BCUT2D eigenvalue weighted by molar-refractivity contribution is -0.139. The number of carboxylic acids is 1. The number of carboxylic acid groups (broad SMARTS) is 1. The first-order chi connectivity index (χ1) is 10.0. The zero-order valence-electron chi connectivity index (χ0n) is 12.3. The number of halogens is 1. The predicted molar refractivity (Wildman–Crippen MR) is 80.2 cm³/mol. The van der Waals surface area contributed by atoms with Gasteiger partial charge in [-0.15, -0.1) is 0 Å². The highest BCUT2D eigenvalue weighted by atomic mass is 35.5. The van der Waals surface area contributed by atoms with E-state index in [1.807, 2.05) is 30.9 Å². The van der Waals surface area contributed by atoms with Crippen molar-refractivity contribution in [3.05, 3.63) is 22.7 Å². The highest BCUT2D eigenvalue weighted by molar-refractivity contribution is 6.32. The highest BCUT2D eigenvalue weighted by Crippen LogP contribution is 2.38. The Labute approximate surface area is 129 Å². The van der Waals surface area contributed by atoms with Crippen molar-refractivity contribution in [1.82, 2.24) is 4.90 Å². The maximum Gasteiger partial charge on any atom is 0.317 e. The fourth-order valence-electron chi connectivity index (χ4n) is 2.29. The Morgan fingerprint density at radius 2 is 2.14 bits per heavy atom. The first-order valence-electron chi connectivity index (χ1n) is 7.05. The molecule has 0 aromatic heterocycles. The number of hydrogen-bond donors (Lipinski definition) is 1. The maximum atomic E-state index is 11.0. The summed E-state index contributed by atoms with van der Waals surface area (Å²) in [5.74, 6) is 0.363. The Hall–Kier alpha value is -1.46. The van der Waals surface area contributed by atoms with Crippen molar-refractivity contribution in [3.8, 4) is 11.5 Å². The summed E-state index contributed by atoms with van der Waals surface area (Å²) in [6.07, 6.45) is 0.881. The summed E-state index contributed by atoms with van der Waals surface area (Å²) in [4.78, 5) is 12.9. The Morgan fingerprint density at radius 3 is 2.81 bits per heavy atom. The minimum Gasteiger partial charge on any atom is -0.486 e. The van der Waals surface area contributed by atoms with E-state index in [1.165, 1.54) is 0 Å². The molecule has 0 saturated heterocycles. The standard InChI is InChI=1S/C15H20ClNO4/c1-3-10(2)17(9-14(18)19)8-11-6-12(16)15-13(7-11)20-4-5-21-15/h6-7,10H,3-5,8-9H2,1-2H3,(H,18,19). The number of nitrogens with zero attached hydrogens (tertiary/aromatic N) is 1. The fraction of sp³-hybridized carbons (Fsp3) is 0.533. The molecule has 116 valence electrons. The largest absolute Gasteiger partial charge is 0.486 e. The minimum absolute atomic E-state index is 0.00106. The molecule has 21 heavy (non-hydrogen) atoms. The van der Waals surface area contributed by atoms with E-state index in [4.69, 9.17) is 26.2 Å². The van der Waals surface area contributed by atoms with Gasteiger partial charge in [-0.1, -0.05) is 18.5 Å². The average Bonchev–Trinajstić information content (AvgIpc) is 2.45. The monoisotopic (exact) mass is 313 g/mol. The van der Waals surface area contributed by atoms with Crippen molar-refractivity contribution in [2.24, 2.45) is 0 Å². The number of benzene rings is 1. The molecule has 1 aromatic carbocycles. The SMILES string of the molecule is CCC(C)N(CC(=O)O)Cc1cc(Cl)c2c(c1)OCCO2. The number of ether oxygens (including phenoxy) is 2. The second kappa shape index (κ2) is 7.00. The van der Waals surface area contributed by atoms with Crippen LogP contribution in [0.4, 0.5) is 0 Å². The van der Waals surface area contributed by atoms with Crippen LogP contribution in [0.3, 0.4) is 0 Å². The predicted octanol–water partition coefficient (Wildman–Crippen LogP) is 2.80. The first kappa shape index (κ1) is 15.9. The maximum absolute atomic E-state index is 11.0. The van der Waals surface area contributed by atoms with Crippen molar-refractivity contribution in [2.75, 3.05) is 19.8 Å². The van der Waals surface area contributed by atoms with Crippen molar-refractivity contribution in [3.63, 3.8) is 0 Å². The van der Waals surface area contributed by atoms with Crippen LogP contribution in [-0.2, 0) is 11.3 Å². The molecule has 0 spiro atoms. The van der Waals surface area contributed by atoms with Gasteiger partial charge in [0.15, 0.2) is 11.5 Å². The second-order valence-electron chi connectivity index (χ2n) is 5.16. The normalized spacial score (nSPS) is 15.0. The molecule has 0 amide bonds. The quantitative estimate of drug-likeness (QED) is 0.875. The van der Waals surface area contributed by atoms with E-state index in [0.717, 1.165) is 12.0 Å². The molecule has 0 saturated carbocycles. The van der Waals surface area contributed by atoms with Crippen molar-refractivity contribution in [1.29, 1.82) is 0 Å². The number of rotatable bonds is 6. The van der Waals surface area contributed by atoms with Crippen LogP contribution in [-0.4, -0.2) is 41.8 Å². The molecule has 1 aliphatic heterocycles. The lowest BCUT2D eigenvalue weighted by Gasteiger charge is -2.27. The van der Waals surface area contributed by atoms with Crippen LogP contribution in [0.1, 0.15) is 25.8 Å². The van der Waals surface area contributed by atoms with E-state index < -0.39 is 5.97 Å². The topological polar surface area (TPSA) is 59.0 Å². The van der Waals surface area contributed by atoms with Crippen LogP contribution in [0.25, 0.3) is 0 Å². The van der Waals surface area contributed by atoms with Gasteiger partial charge in [-0.3, -0.25) is 9.69 Å². The van der Waals surface area contributed by atoms with Gasteiger partial charge in [-0.25, -0.2) is 0 Å². The zero-order valence-corrected chi connectivity index (χ0v) is 13.0. The third kappa shape index (κ3) is 4.02. The van der Waals surface area contributed by atoms with E-state index in [-0.39, 0.29) is 12.6 Å². The zero-order chi connectivity index (χ0) is 15.4. The van der Waals surface area contributed by atoms with E-state index >= 15 is 0 Å². The van der Waals surface area contributed by atoms with Gasteiger partial charge in [0, 0.05) is 12.6 Å². The summed E-state index contributed by atoms with van der Waals surface area (Å²) in [5, 5.41) is 9.54. The van der Waals surface area contributed by atoms with Gasteiger partial charge in [0.1, 0.15) is 13.2 Å². The van der Waals surface area contributed by atoms with Gasteiger partial charge in [0.2, 0.25) is 0 Å². The Bertz CT molecular complexity index is 521. The Balaban J connectivity index is 2.20. The van der Waals surface area contributed by atoms with Crippen LogP contribution in [0.5, 0.6) is 11.5 Å². The third-order valence-corrected chi connectivity index (χ3v) is 3.88. The fourth-order valence-corrected chi connectivity index (χ4v) is 2.58. The summed E-state index contributed by atoms with van der Waals surface area (Å²) in [6, 6.07) is 3.86. The van der Waals surface area contributed by atoms with Crippen molar-refractivity contribution >= 4 is 17.6 Å². The van der Waals surface area contributed by atoms with E-state index in [1.54, 1.807) is 0 Å². The number of fused-ring (bicyclic) bond motifs is 1. The molecule has 0 aliphatic carbocycles. The summed E-state index contributed by atoms with van der Waals surface area (Å²) in [5.41, 5.74) is 0.922. The van der Waals surface area contributed by atoms with Gasteiger partial charge < -0.3 is 14.6 Å². The molecule has 1 atom stereocenters. The van der Waals surface area contributed by atoms with Crippen LogP contribution in [0.15, 0.2) is 12.1 Å². The molecule has 1 aromatic rings. The van der Waals surface area contributed by atoms with E-state index in [2.05, 4.69) is 0 Å². The molecule has 0 bridgehead atoms. The molecule has 1 heterocycles. The number of hydrogen-bond acceptors (Lipinski definition) is 4. The summed E-state index contributed by atoms with van der Waals surface area (Å²) < 4.78 is 11.0. The molecule has 5 nitrogen and oxygen atoms in total. The number of aliphatic carboxylic acids is 1. The summed E-state index contributed by atoms with van der Waals surface area (Å²) in [7, 11) is 0. The van der Waals surface area contributed by atoms with E-state index in [9.17, 15) is 4.79 Å². The molecule has 6 heteroatoms. The van der Waals surface area contributed by atoms with E-state index in [0.29, 0.717) is 36.3 Å². The smallest absolute Gasteiger partial charge is 0.317 e. The molecule has 2 rings (SSSR count). The van der Waals surface area contributed by atoms with Gasteiger partial charge in [0.25, 0.3) is 0 Å². The third-order valence-electron chi connectivity index (χ3n) is 3.59. The second-order valence-corrected chi connectivity index (χ2v) is 5.57. The molecular weight excluding hydrogens is 294 g/mol. The van der Waals surface area contributed by atoms with Crippen molar-refractivity contribution < 1.29 is 19.4 Å². The minimum atomic E-state index is -0.834. The van der Waals surface area contributed by atoms with Crippen LogP contribution in [0, 0.1) is 0 Å². The summed E-state index contributed by atoms with van der Waals surface area (Å²) >= 11 is 6.21. The van der Waals surface area contributed by atoms with Gasteiger partial charge in [0.05, 0.1) is 11.6 Å². The van der Waals surface area contributed by atoms with Crippen LogP contribution < -0.4 is 9.47 Å². The molecule has 0 fully saturated rings. The highest BCUT2D eigenvalue weighted by Gasteiger charge is 2.20. The molecule has 1 aliphatic rings. The van der Waals surface area contributed by atoms with Crippen LogP contribution >= 0.6 is 11.6 Å². The molecule has 0 radical (unpaired) electrons. The molecule has 1 N–H and O–H groups in total. The lowest BCUT2D eigenvalue weighted by atomic mass is 10.1.